The van der Waals surface area contributed by atoms with Crippen LogP contribution >= 0.6 is 0 Å². The number of piperidine rings is 1. The fourth-order valence-electron chi connectivity index (χ4n) is 3.43. The number of nitrogens with zero attached hydrogens (tertiary/aromatic N) is 2. The minimum Gasteiger partial charge on any atom is -0.338 e. The molecule has 0 radical (unpaired) electrons. The van der Waals surface area contributed by atoms with Gasteiger partial charge in [-0.05, 0) is 38.1 Å². The molecule has 2 amide bonds. The number of hydrogen-bond donors (Lipinski definition) is 2. The summed E-state index contributed by atoms with van der Waals surface area (Å²) >= 11 is 0. The first-order valence-corrected chi connectivity index (χ1v) is 7.62. The molecule has 6 heteroatoms. The van der Waals surface area contributed by atoms with Crippen molar-refractivity contribution in [3.05, 3.63) is 0 Å². The van der Waals surface area contributed by atoms with Gasteiger partial charge in [0.15, 0.2) is 0 Å². The van der Waals surface area contributed by atoms with Crippen LogP contribution in [0.3, 0.4) is 0 Å². The van der Waals surface area contributed by atoms with Crippen LogP contribution in [0.15, 0.2) is 5.10 Å². The molecule has 1 unspecified atom stereocenters. The molecule has 0 aromatic heterocycles. The second-order valence-corrected chi connectivity index (χ2v) is 5.93. The molecule has 3 rings (SSSR count). The van der Waals surface area contributed by atoms with Crippen molar-refractivity contribution in [2.24, 2.45) is 11.0 Å². The van der Waals surface area contributed by atoms with E-state index in [1.807, 2.05) is 4.90 Å². The molecule has 3 heterocycles. The Hall–Kier alpha value is -1.43. The highest BCUT2D eigenvalue weighted by Gasteiger charge is 2.31. The topological polar surface area (TPSA) is 73.8 Å². The van der Waals surface area contributed by atoms with Crippen molar-refractivity contribution < 1.29 is 9.59 Å². The van der Waals surface area contributed by atoms with E-state index >= 15 is 0 Å². The molecule has 1 atom stereocenters. The largest absolute Gasteiger partial charge is 0.338 e. The summed E-state index contributed by atoms with van der Waals surface area (Å²) in [5.74, 6) is 0.602. The van der Waals surface area contributed by atoms with E-state index in [9.17, 15) is 9.59 Å². The Bertz CT molecular complexity index is 421. The van der Waals surface area contributed by atoms with Crippen LogP contribution in [0.4, 0.5) is 0 Å². The number of carbonyl (C=O) groups is 2. The third kappa shape index (κ3) is 2.85. The highest BCUT2D eigenvalue weighted by Crippen LogP contribution is 2.25. The van der Waals surface area contributed by atoms with E-state index in [1.54, 1.807) is 0 Å². The van der Waals surface area contributed by atoms with Crippen molar-refractivity contribution in [1.82, 2.24) is 15.6 Å². The molecule has 0 aromatic rings. The van der Waals surface area contributed by atoms with Gasteiger partial charge in [-0.25, -0.2) is 5.43 Å². The lowest BCUT2D eigenvalue weighted by atomic mass is 9.88. The molecule has 2 N–H and O–H groups in total. The summed E-state index contributed by atoms with van der Waals surface area (Å²) in [5, 5.41) is 7.46. The van der Waals surface area contributed by atoms with E-state index < -0.39 is 0 Å². The van der Waals surface area contributed by atoms with Crippen molar-refractivity contribution in [3.8, 4) is 0 Å². The summed E-state index contributed by atoms with van der Waals surface area (Å²) < 4.78 is 0. The van der Waals surface area contributed by atoms with Gasteiger partial charge < -0.3 is 10.2 Å². The molecule has 0 aromatic carbocycles. The normalized spacial score (nSPS) is 28.2. The first-order chi connectivity index (χ1) is 9.74. The number of amides is 2. The van der Waals surface area contributed by atoms with Crippen LogP contribution in [0, 0.1) is 5.92 Å². The number of likely N-dealkylation sites (tertiary alicyclic amines) is 1. The molecule has 0 saturated carbocycles. The fourth-order valence-corrected chi connectivity index (χ4v) is 3.43. The van der Waals surface area contributed by atoms with E-state index in [4.69, 9.17) is 0 Å². The van der Waals surface area contributed by atoms with Gasteiger partial charge in [-0.15, -0.1) is 0 Å². The average Bonchev–Trinajstić information content (AvgIpc) is 3.02. The van der Waals surface area contributed by atoms with Crippen LogP contribution in [0.25, 0.3) is 0 Å². The number of rotatable bonds is 2. The molecule has 3 aliphatic heterocycles. The predicted octanol–water partition coefficient (Wildman–Crippen LogP) is 0.243. The third-order valence-corrected chi connectivity index (χ3v) is 4.65. The molecule has 6 nitrogen and oxygen atoms in total. The van der Waals surface area contributed by atoms with E-state index in [2.05, 4.69) is 15.8 Å². The van der Waals surface area contributed by atoms with Gasteiger partial charge in [0, 0.05) is 32.0 Å². The monoisotopic (exact) mass is 278 g/mol. The quantitative estimate of drug-likeness (QED) is 0.760. The Morgan fingerprint density at radius 1 is 1.20 bits per heavy atom. The van der Waals surface area contributed by atoms with E-state index in [0.29, 0.717) is 30.5 Å². The molecular formula is C14H22N4O2. The van der Waals surface area contributed by atoms with Crippen LogP contribution in [0.5, 0.6) is 0 Å². The summed E-state index contributed by atoms with van der Waals surface area (Å²) in [4.78, 5) is 25.3. The summed E-state index contributed by atoms with van der Waals surface area (Å²) in [6.45, 7) is 2.77. The number of hydrazone groups is 1. The molecule has 0 aliphatic carbocycles. The Balaban J connectivity index is 1.52. The summed E-state index contributed by atoms with van der Waals surface area (Å²) in [6.07, 6.45) is 5.53. The molecule has 2 fully saturated rings. The van der Waals surface area contributed by atoms with Crippen molar-refractivity contribution in [3.63, 3.8) is 0 Å². The smallest absolute Gasteiger partial charge is 0.270 e. The molecule has 110 valence electrons. The van der Waals surface area contributed by atoms with Gasteiger partial charge >= 0.3 is 0 Å². The maximum Gasteiger partial charge on any atom is 0.270 e. The standard InChI is InChI=1S/C14H22N4O2/c19-13-4-3-12(16-17-13)14(20)18-8-5-10(6-9-18)11-2-1-7-15-11/h10-11,15H,1-9H2,(H,17,19). The number of nitrogens with one attached hydrogen (secondary N) is 2. The van der Waals surface area contributed by atoms with E-state index in [0.717, 1.165) is 32.5 Å². The molecule has 3 aliphatic rings. The first-order valence-electron chi connectivity index (χ1n) is 7.62. The van der Waals surface area contributed by atoms with Gasteiger partial charge in [0.2, 0.25) is 5.91 Å². The van der Waals surface area contributed by atoms with Gasteiger partial charge in [0.1, 0.15) is 5.71 Å². The summed E-state index contributed by atoms with van der Waals surface area (Å²) in [5.41, 5.74) is 2.90. The fraction of sp³-hybridized carbons (Fsp3) is 0.786. The zero-order chi connectivity index (χ0) is 13.9. The molecule has 2 saturated heterocycles. The second-order valence-electron chi connectivity index (χ2n) is 5.93. The first kappa shape index (κ1) is 13.5. The minimum atomic E-state index is -0.104. The Kier molecular flexibility index (Phi) is 4.00. The number of carbonyl (C=O) groups excluding carboxylic acids is 2. The van der Waals surface area contributed by atoms with Crippen LogP contribution < -0.4 is 10.7 Å². The average molecular weight is 278 g/mol. The predicted molar refractivity (Wildman–Crippen MR) is 75.1 cm³/mol. The van der Waals surface area contributed by atoms with Crippen molar-refractivity contribution in [2.45, 2.75) is 44.6 Å². The van der Waals surface area contributed by atoms with Gasteiger partial charge in [-0.1, -0.05) is 0 Å². The van der Waals surface area contributed by atoms with E-state index in [1.165, 1.54) is 12.8 Å². The van der Waals surface area contributed by atoms with Crippen molar-refractivity contribution in [2.75, 3.05) is 19.6 Å². The lowest BCUT2D eigenvalue weighted by Crippen LogP contribution is -2.46. The van der Waals surface area contributed by atoms with Crippen LogP contribution in [-0.2, 0) is 9.59 Å². The van der Waals surface area contributed by atoms with Gasteiger partial charge in [0.25, 0.3) is 5.91 Å². The maximum atomic E-state index is 12.3. The third-order valence-electron chi connectivity index (χ3n) is 4.65. The van der Waals surface area contributed by atoms with Gasteiger partial charge in [-0.3, -0.25) is 9.59 Å². The molecular weight excluding hydrogens is 256 g/mol. The van der Waals surface area contributed by atoms with Crippen molar-refractivity contribution in [1.29, 1.82) is 0 Å². The zero-order valence-electron chi connectivity index (χ0n) is 11.7. The lowest BCUT2D eigenvalue weighted by Gasteiger charge is -2.35. The molecule has 0 spiro atoms. The van der Waals surface area contributed by atoms with Gasteiger partial charge in [-0.2, -0.15) is 5.10 Å². The Morgan fingerprint density at radius 3 is 2.60 bits per heavy atom. The maximum absolute atomic E-state index is 12.3. The SMILES string of the molecule is O=C1CCC(C(=O)N2CCC(C3CCCN3)CC2)=NN1. The highest BCUT2D eigenvalue weighted by atomic mass is 16.2. The zero-order valence-corrected chi connectivity index (χ0v) is 11.7. The second kappa shape index (κ2) is 5.91. The van der Waals surface area contributed by atoms with Crippen LogP contribution in [0.2, 0.25) is 0 Å². The Morgan fingerprint density at radius 2 is 2.00 bits per heavy atom. The molecule has 0 bridgehead atoms. The number of hydrogen-bond acceptors (Lipinski definition) is 4. The summed E-state index contributed by atoms with van der Waals surface area (Å²) in [7, 11) is 0. The van der Waals surface area contributed by atoms with Crippen LogP contribution in [0.1, 0.15) is 38.5 Å². The molecule has 20 heavy (non-hydrogen) atoms. The van der Waals surface area contributed by atoms with Gasteiger partial charge in [0.05, 0.1) is 0 Å². The Labute approximate surface area is 119 Å². The minimum absolute atomic E-state index is 0.00262. The van der Waals surface area contributed by atoms with Crippen molar-refractivity contribution >= 4 is 17.5 Å². The van der Waals surface area contributed by atoms with Crippen LogP contribution in [-0.4, -0.2) is 48.1 Å². The lowest BCUT2D eigenvalue weighted by molar-refractivity contribution is -0.126. The summed E-state index contributed by atoms with van der Waals surface area (Å²) in [6, 6.07) is 0.651. The highest BCUT2D eigenvalue weighted by molar-refractivity contribution is 6.39. The van der Waals surface area contributed by atoms with E-state index in [-0.39, 0.29) is 11.8 Å².